The first-order valence-electron chi connectivity index (χ1n) is 11.7. The minimum absolute atomic E-state index is 0.192. The number of H-pyrrole nitrogens is 1. The standard InChI is InChI=1S/C26H25N7O/c1-17-21(20-10-6-3-7-11-20)23-30-29-22-24(33(23)31-17)27-26(28-25(22)34)32-14-12-19(13-15-32)16-18-8-4-2-5-9-18/h2-11,19H,12-16H2,1H3,(H,27,28,34). The molecule has 1 aliphatic heterocycles. The van der Waals surface area contributed by atoms with Gasteiger partial charge in [-0.15, -0.1) is 10.2 Å². The van der Waals surface area contributed by atoms with Gasteiger partial charge in [0.05, 0.1) is 11.3 Å². The zero-order valence-corrected chi connectivity index (χ0v) is 19.0. The van der Waals surface area contributed by atoms with E-state index in [1.165, 1.54) is 5.56 Å². The van der Waals surface area contributed by atoms with Crippen molar-refractivity contribution >= 4 is 22.8 Å². The minimum atomic E-state index is -0.296. The molecule has 2 aromatic carbocycles. The lowest BCUT2D eigenvalue weighted by Crippen LogP contribution is -2.36. The Morgan fingerprint density at radius 3 is 2.38 bits per heavy atom. The molecule has 3 aromatic heterocycles. The zero-order chi connectivity index (χ0) is 23.1. The van der Waals surface area contributed by atoms with E-state index < -0.39 is 0 Å². The van der Waals surface area contributed by atoms with Gasteiger partial charge in [0.25, 0.3) is 5.56 Å². The van der Waals surface area contributed by atoms with Gasteiger partial charge in [-0.25, -0.2) is 0 Å². The van der Waals surface area contributed by atoms with E-state index in [1.807, 2.05) is 37.3 Å². The van der Waals surface area contributed by atoms with Crippen molar-refractivity contribution in [2.45, 2.75) is 26.2 Å². The Morgan fingerprint density at radius 2 is 1.65 bits per heavy atom. The van der Waals surface area contributed by atoms with Gasteiger partial charge < -0.3 is 4.90 Å². The van der Waals surface area contributed by atoms with Gasteiger partial charge in [-0.05, 0) is 43.2 Å². The average molecular weight is 452 g/mol. The van der Waals surface area contributed by atoms with Gasteiger partial charge in [-0.2, -0.15) is 14.6 Å². The van der Waals surface area contributed by atoms with Gasteiger partial charge in [-0.1, -0.05) is 60.7 Å². The van der Waals surface area contributed by atoms with E-state index in [-0.39, 0.29) is 11.1 Å². The molecule has 0 bridgehead atoms. The normalized spacial score (nSPS) is 14.8. The van der Waals surface area contributed by atoms with E-state index in [1.54, 1.807) is 4.52 Å². The van der Waals surface area contributed by atoms with Crippen LogP contribution in [0.3, 0.4) is 0 Å². The molecule has 0 unspecified atom stereocenters. The molecule has 34 heavy (non-hydrogen) atoms. The highest BCUT2D eigenvalue weighted by Gasteiger charge is 2.23. The van der Waals surface area contributed by atoms with Crippen molar-refractivity contribution in [3.8, 4) is 11.1 Å². The number of hydrogen-bond acceptors (Lipinski definition) is 6. The maximum absolute atomic E-state index is 12.9. The van der Waals surface area contributed by atoms with Crippen LogP contribution in [-0.4, -0.2) is 42.9 Å². The number of aryl methyl sites for hydroxylation is 1. The van der Waals surface area contributed by atoms with Crippen LogP contribution in [0.2, 0.25) is 0 Å². The fourth-order valence-electron chi connectivity index (χ4n) is 4.92. The van der Waals surface area contributed by atoms with Crippen LogP contribution >= 0.6 is 0 Å². The molecule has 1 aliphatic rings. The fourth-order valence-corrected chi connectivity index (χ4v) is 4.92. The minimum Gasteiger partial charge on any atom is -0.342 e. The Kier molecular flexibility index (Phi) is 5.05. The molecular formula is C26H25N7O. The fraction of sp³-hybridized carbons (Fsp3) is 0.269. The van der Waals surface area contributed by atoms with E-state index in [2.05, 4.69) is 55.5 Å². The van der Waals surface area contributed by atoms with Crippen LogP contribution in [0, 0.1) is 12.8 Å². The molecule has 8 nitrogen and oxygen atoms in total. The number of nitrogens with one attached hydrogen (secondary N) is 1. The number of piperidine rings is 1. The Bertz CT molecular complexity index is 1520. The third-order valence-electron chi connectivity index (χ3n) is 6.69. The number of fused-ring (bicyclic) bond motifs is 3. The third-order valence-corrected chi connectivity index (χ3v) is 6.69. The van der Waals surface area contributed by atoms with E-state index >= 15 is 0 Å². The smallest absolute Gasteiger partial charge is 0.282 e. The number of rotatable bonds is 4. The summed E-state index contributed by atoms with van der Waals surface area (Å²) in [6.45, 7) is 3.64. The van der Waals surface area contributed by atoms with E-state index in [4.69, 9.17) is 4.98 Å². The van der Waals surface area contributed by atoms with Crippen LogP contribution in [0.4, 0.5) is 5.95 Å². The molecule has 0 amide bonds. The highest BCUT2D eigenvalue weighted by molar-refractivity contribution is 5.83. The molecule has 0 saturated carbocycles. The van der Waals surface area contributed by atoms with Gasteiger partial charge in [0.15, 0.2) is 16.8 Å². The predicted molar refractivity (Wildman–Crippen MR) is 132 cm³/mol. The quantitative estimate of drug-likeness (QED) is 0.447. The summed E-state index contributed by atoms with van der Waals surface area (Å²) >= 11 is 0. The van der Waals surface area contributed by atoms with Crippen molar-refractivity contribution in [2.75, 3.05) is 18.0 Å². The molecule has 0 aliphatic carbocycles. The van der Waals surface area contributed by atoms with Gasteiger partial charge >= 0.3 is 0 Å². The largest absolute Gasteiger partial charge is 0.342 e. The van der Waals surface area contributed by atoms with Crippen LogP contribution in [-0.2, 0) is 6.42 Å². The van der Waals surface area contributed by atoms with Crippen molar-refractivity contribution in [3.05, 3.63) is 82.3 Å². The number of aromatic nitrogens is 6. The molecular weight excluding hydrogens is 426 g/mol. The summed E-state index contributed by atoms with van der Waals surface area (Å²) < 4.78 is 1.65. The lowest BCUT2D eigenvalue weighted by molar-refractivity contribution is 0.400. The van der Waals surface area contributed by atoms with Crippen molar-refractivity contribution < 1.29 is 0 Å². The summed E-state index contributed by atoms with van der Waals surface area (Å²) in [7, 11) is 0. The molecule has 170 valence electrons. The van der Waals surface area contributed by atoms with Crippen LogP contribution < -0.4 is 10.5 Å². The number of anilines is 1. The molecule has 5 aromatic rings. The molecule has 1 fully saturated rings. The third kappa shape index (κ3) is 3.61. The molecule has 6 rings (SSSR count). The molecule has 8 heteroatoms. The van der Waals surface area contributed by atoms with Crippen molar-refractivity contribution in [1.82, 2.24) is 29.8 Å². The van der Waals surface area contributed by atoms with Crippen LogP contribution in [0.1, 0.15) is 24.1 Å². The van der Waals surface area contributed by atoms with E-state index in [0.29, 0.717) is 23.2 Å². The molecule has 1 N–H and O–H groups in total. The second-order valence-corrected chi connectivity index (χ2v) is 8.94. The molecule has 0 spiro atoms. The summed E-state index contributed by atoms with van der Waals surface area (Å²) in [6.07, 6.45) is 3.20. The number of benzene rings is 2. The van der Waals surface area contributed by atoms with E-state index in [0.717, 1.165) is 49.2 Å². The van der Waals surface area contributed by atoms with Crippen LogP contribution in [0.15, 0.2) is 65.5 Å². The maximum atomic E-state index is 12.9. The summed E-state index contributed by atoms with van der Waals surface area (Å²) in [5.74, 6) is 1.20. The highest BCUT2D eigenvalue weighted by Crippen LogP contribution is 2.28. The van der Waals surface area contributed by atoms with Gasteiger partial charge in [-0.3, -0.25) is 9.78 Å². The molecule has 0 radical (unpaired) electrons. The Balaban J connectivity index is 1.33. The summed E-state index contributed by atoms with van der Waals surface area (Å²) in [6, 6.07) is 20.6. The molecule has 4 heterocycles. The van der Waals surface area contributed by atoms with Gasteiger partial charge in [0.1, 0.15) is 0 Å². The SMILES string of the molecule is Cc1nn2c(nnc3c(=O)[nH]c(N4CCC(Cc5ccccc5)CC4)nc32)c1-c1ccccc1. The second-order valence-electron chi connectivity index (χ2n) is 8.94. The second kappa shape index (κ2) is 8.37. The Hall–Kier alpha value is -4.07. The summed E-state index contributed by atoms with van der Waals surface area (Å²) in [4.78, 5) is 22.8. The number of nitrogens with zero attached hydrogens (tertiary/aromatic N) is 6. The molecule has 1 saturated heterocycles. The zero-order valence-electron chi connectivity index (χ0n) is 19.0. The lowest BCUT2D eigenvalue weighted by atomic mass is 9.90. The highest BCUT2D eigenvalue weighted by atomic mass is 16.1. The average Bonchev–Trinajstić information content (AvgIpc) is 3.22. The molecule has 0 atom stereocenters. The summed E-state index contributed by atoms with van der Waals surface area (Å²) in [5, 5.41) is 13.2. The maximum Gasteiger partial charge on any atom is 0.282 e. The van der Waals surface area contributed by atoms with Crippen molar-refractivity contribution in [2.24, 2.45) is 5.92 Å². The monoisotopic (exact) mass is 451 g/mol. The first-order chi connectivity index (χ1) is 16.7. The van der Waals surface area contributed by atoms with Crippen molar-refractivity contribution in [1.29, 1.82) is 0 Å². The predicted octanol–water partition coefficient (Wildman–Crippen LogP) is 3.80. The Morgan fingerprint density at radius 1 is 0.941 bits per heavy atom. The number of hydrogen-bond donors (Lipinski definition) is 1. The lowest BCUT2D eigenvalue weighted by Gasteiger charge is -2.32. The summed E-state index contributed by atoms with van der Waals surface area (Å²) in [5.41, 5.74) is 5.03. The Labute approximate surface area is 196 Å². The van der Waals surface area contributed by atoms with Crippen molar-refractivity contribution in [3.63, 3.8) is 0 Å². The number of aromatic amines is 1. The van der Waals surface area contributed by atoms with Crippen LogP contribution in [0.25, 0.3) is 27.9 Å². The van der Waals surface area contributed by atoms with E-state index in [9.17, 15) is 4.79 Å². The first kappa shape index (κ1) is 20.5. The van der Waals surface area contributed by atoms with Crippen LogP contribution in [0.5, 0.6) is 0 Å². The first-order valence-corrected chi connectivity index (χ1v) is 11.7. The van der Waals surface area contributed by atoms with Gasteiger partial charge in [0.2, 0.25) is 5.95 Å². The topological polar surface area (TPSA) is 92.1 Å². The van der Waals surface area contributed by atoms with Gasteiger partial charge in [0, 0.05) is 13.1 Å².